The Morgan fingerprint density at radius 2 is 2.22 bits per heavy atom. The van der Waals surface area contributed by atoms with E-state index in [2.05, 4.69) is 10.4 Å². The molecule has 1 aromatic heterocycles. The molecular formula is C16H20N4O3. The molecule has 23 heavy (non-hydrogen) atoms. The first-order valence-corrected chi connectivity index (χ1v) is 7.43. The van der Waals surface area contributed by atoms with Gasteiger partial charge in [0.25, 0.3) is 0 Å². The number of carbonyl (C=O) groups excluding carboxylic acids is 1. The van der Waals surface area contributed by atoms with Gasteiger partial charge in [-0.2, -0.15) is 5.10 Å². The van der Waals surface area contributed by atoms with Gasteiger partial charge in [0.05, 0.1) is 20.2 Å². The second kappa shape index (κ2) is 6.20. The highest BCUT2D eigenvalue weighted by molar-refractivity contribution is 5.88. The van der Waals surface area contributed by atoms with Gasteiger partial charge in [0.1, 0.15) is 18.1 Å². The van der Waals surface area contributed by atoms with E-state index in [0.717, 1.165) is 22.8 Å². The summed E-state index contributed by atoms with van der Waals surface area (Å²) in [6.45, 7) is 3.37. The van der Waals surface area contributed by atoms with Gasteiger partial charge in [0.15, 0.2) is 5.82 Å². The first-order chi connectivity index (χ1) is 11.1. The number of nitrogens with zero attached hydrogens (tertiary/aromatic N) is 3. The van der Waals surface area contributed by atoms with Gasteiger partial charge in [0, 0.05) is 30.4 Å². The number of ether oxygens (including phenoxy) is 2. The Balaban J connectivity index is 1.73. The number of carbonyl (C=O) groups is 1. The van der Waals surface area contributed by atoms with Crippen molar-refractivity contribution in [3.8, 4) is 11.5 Å². The van der Waals surface area contributed by atoms with Crippen LogP contribution in [0.1, 0.15) is 11.3 Å². The van der Waals surface area contributed by atoms with Crippen LogP contribution in [0.5, 0.6) is 11.5 Å². The monoisotopic (exact) mass is 316 g/mol. The number of fused-ring (bicyclic) bond motifs is 1. The van der Waals surface area contributed by atoms with E-state index < -0.39 is 0 Å². The van der Waals surface area contributed by atoms with Gasteiger partial charge < -0.3 is 14.4 Å². The molecule has 0 unspecified atom stereocenters. The van der Waals surface area contributed by atoms with E-state index in [4.69, 9.17) is 9.47 Å². The fraction of sp³-hybridized carbons (Fsp3) is 0.375. The molecule has 1 aromatic carbocycles. The summed E-state index contributed by atoms with van der Waals surface area (Å²) in [5.74, 6) is 2.05. The number of anilines is 1. The van der Waals surface area contributed by atoms with E-state index >= 15 is 0 Å². The summed E-state index contributed by atoms with van der Waals surface area (Å²) in [5, 5.41) is 7.07. The zero-order valence-corrected chi connectivity index (χ0v) is 13.5. The average molecular weight is 316 g/mol. The molecule has 0 aliphatic carbocycles. The molecule has 2 amide bonds. The summed E-state index contributed by atoms with van der Waals surface area (Å²) < 4.78 is 12.7. The second-order valence-electron chi connectivity index (χ2n) is 5.47. The summed E-state index contributed by atoms with van der Waals surface area (Å²) in [4.78, 5) is 14.2. The number of nitrogens with one attached hydrogen (secondary N) is 1. The molecule has 3 rings (SSSR count). The zero-order chi connectivity index (χ0) is 16.4. The highest BCUT2D eigenvalue weighted by Gasteiger charge is 2.21. The quantitative estimate of drug-likeness (QED) is 0.922. The van der Waals surface area contributed by atoms with E-state index in [9.17, 15) is 4.79 Å². The molecule has 7 heteroatoms. The van der Waals surface area contributed by atoms with Crippen LogP contribution in [-0.4, -0.2) is 41.0 Å². The van der Waals surface area contributed by atoms with E-state index in [1.165, 1.54) is 0 Å². The van der Waals surface area contributed by atoms with Gasteiger partial charge in [-0.25, -0.2) is 4.79 Å². The lowest BCUT2D eigenvalue weighted by Gasteiger charge is -2.19. The fourth-order valence-electron chi connectivity index (χ4n) is 2.46. The lowest BCUT2D eigenvalue weighted by molar-refractivity contribution is 0.200. The third-order valence-corrected chi connectivity index (χ3v) is 3.89. The molecule has 0 saturated heterocycles. The SMILES string of the molecule is COc1ccc2c(c1)OCCN(C(=O)Nc1cc(C)n(C)n1)C2. The lowest BCUT2D eigenvalue weighted by atomic mass is 10.2. The largest absolute Gasteiger partial charge is 0.497 e. The van der Waals surface area contributed by atoms with E-state index in [-0.39, 0.29) is 6.03 Å². The van der Waals surface area contributed by atoms with E-state index in [1.54, 1.807) is 16.7 Å². The number of hydrogen-bond donors (Lipinski definition) is 1. The van der Waals surface area contributed by atoms with Crippen molar-refractivity contribution in [2.24, 2.45) is 7.05 Å². The summed E-state index contributed by atoms with van der Waals surface area (Å²) in [6, 6.07) is 7.29. The molecule has 0 fully saturated rings. The Labute approximate surface area is 134 Å². The highest BCUT2D eigenvalue weighted by Crippen LogP contribution is 2.28. The van der Waals surface area contributed by atoms with Gasteiger partial charge in [0.2, 0.25) is 0 Å². The summed E-state index contributed by atoms with van der Waals surface area (Å²) in [7, 11) is 3.46. The maximum atomic E-state index is 12.5. The predicted octanol–water partition coefficient (Wildman–Crippen LogP) is 2.16. The molecule has 0 saturated carbocycles. The molecule has 1 aliphatic rings. The number of rotatable bonds is 2. The van der Waals surface area contributed by atoms with Crippen LogP contribution in [0.15, 0.2) is 24.3 Å². The van der Waals surface area contributed by atoms with Crippen LogP contribution in [-0.2, 0) is 13.6 Å². The Morgan fingerprint density at radius 1 is 1.39 bits per heavy atom. The number of benzene rings is 1. The Hall–Kier alpha value is -2.70. The van der Waals surface area contributed by atoms with Gasteiger partial charge >= 0.3 is 6.03 Å². The van der Waals surface area contributed by atoms with Crippen molar-refractivity contribution >= 4 is 11.8 Å². The average Bonchev–Trinajstić information content (AvgIpc) is 2.75. The van der Waals surface area contributed by atoms with Crippen molar-refractivity contribution in [1.82, 2.24) is 14.7 Å². The topological polar surface area (TPSA) is 68.6 Å². The van der Waals surface area contributed by atoms with Crippen LogP contribution in [0.25, 0.3) is 0 Å². The molecule has 2 aromatic rings. The maximum Gasteiger partial charge on any atom is 0.323 e. The molecule has 0 bridgehead atoms. The first kappa shape index (κ1) is 15.2. The van der Waals surface area contributed by atoms with E-state index in [0.29, 0.717) is 25.5 Å². The summed E-state index contributed by atoms with van der Waals surface area (Å²) >= 11 is 0. The summed E-state index contributed by atoms with van der Waals surface area (Å²) in [5.41, 5.74) is 1.94. The third kappa shape index (κ3) is 3.23. The standard InChI is InChI=1S/C16H20N4O3/c1-11-8-15(18-19(11)2)17-16(21)20-6-7-23-14-9-13(22-3)5-4-12(14)10-20/h4-5,8-9H,6-7,10H2,1-3H3,(H,17,18,21). The Kier molecular flexibility index (Phi) is 4.10. The van der Waals surface area contributed by atoms with Gasteiger partial charge in [-0.05, 0) is 19.1 Å². The molecule has 0 spiro atoms. The van der Waals surface area contributed by atoms with Crippen molar-refractivity contribution in [3.63, 3.8) is 0 Å². The predicted molar refractivity (Wildman–Crippen MR) is 85.9 cm³/mol. The second-order valence-corrected chi connectivity index (χ2v) is 5.47. The highest BCUT2D eigenvalue weighted by atomic mass is 16.5. The minimum Gasteiger partial charge on any atom is -0.497 e. The Morgan fingerprint density at radius 3 is 2.91 bits per heavy atom. The molecule has 122 valence electrons. The molecule has 1 aliphatic heterocycles. The van der Waals surface area contributed by atoms with Crippen LogP contribution in [0, 0.1) is 6.92 Å². The van der Waals surface area contributed by atoms with Crippen molar-refractivity contribution < 1.29 is 14.3 Å². The number of hydrogen-bond acceptors (Lipinski definition) is 4. The first-order valence-electron chi connectivity index (χ1n) is 7.43. The lowest BCUT2D eigenvalue weighted by Crippen LogP contribution is -2.36. The third-order valence-electron chi connectivity index (χ3n) is 3.89. The molecule has 0 radical (unpaired) electrons. The van der Waals surface area contributed by atoms with Crippen molar-refractivity contribution in [3.05, 3.63) is 35.5 Å². The van der Waals surface area contributed by atoms with E-state index in [1.807, 2.05) is 38.2 Å². The Bertz CT molecular complexity index is 707. The molecule has 0 atom stereocenters. The smallest absolute Gasteiger partial charge is 0.323 e. The number of aromatic nitrogens is 2. The molecule has 1 N–H and O–H groups in total. The van der Waals surface area contributed by atoms with Gasteiger partial charge in [-0.15, -0.1) is 0 Å². The number of aryl methyl sites for hydroxylation is 2. The minimum absolute atomic E-state index is 0.185. The van der Waals surface area contributed by atoms with Crippen LogP contribution >= 0.6 is 0 Å². The van der Waals surface area contributed by atoms with Crippen molar-refractivity contribution in [2.45, 2.75) is 13.5 Å². The van der Waals surface area contributed by atoms with Crippen LogP contribution in [0.4, 0.5) is 10.6 Å². The number of methoxy groups -OCH3 is 1. The zero-order valence-electron chi connectivity index (χ0n) is 13.5. The maximum absolute atomic E-state index is 12.5. The number of urea groups is 1. The summed E-state index contributed by atoms with van der Waals surface area (Å²) in [6.07, 6.45) is 0. The molecule has 7 nitrogen and oxygen atoms in total. The molecular weight excluding hydrogens is 296 g/mol. The molecule has 2 heterocycles. The van der Waals surface area contributed by atoms with Crippen molar-refractivity contribution in [1.29, 1.82) is 0 Å². The van der Waals surface area contributed by atoms with Crippen molar-refractivity contribution in [2.75, 3.05) is 25.6 Å². The van der Waals surface area contributed by atoms with Crippen LogP contribution < -0.4 is 14.8 Å². The van der Waals surface area contributed by atoms with Gasteiger partial charge in [-0.1, -0.05) is 0 Å². The van der Waals surface area contributed by atoms with Gasteiger partial charge in [-0.3, -0.25) is 10.00 Å². The minimum atomic E-state index is -0.185. The van der Waals surface area contributed by atoms with Crippen LogP contribution in [0.2, 0.25) is 0 Å². The normalized spacial score (nSPS) is 13.8. The fourth-order valence-corrected chi connectivity index (χ4v) is 2.46. The van der Waals surface area contributed by atoms with Crippen LogP contribution in [0.3, 0.4) is 0 Å². The number of amides is 2.